The van der Waals surface area contributed by atoms with E-state index < -0.39 is 5.54 Å². The molecule has 0 aromatic carbocycles. The number of rotatable bonds is 3. The summed E-state index contributed by atoms with van der Waals surface area (Å²) in [5.74, 6) is 0.575. The lowest BCUT2D eigenvalue weighted by Crippen LogP contribution is -2.48. The Labute approximate surface area is 139 Å². The van der Waals surface area contributed by atoms with Gasteiger partial charge in [-0.1, -0.05) is 5.16 Å². The highest BCUT2D eigenvalue weighted by atomic mass is 16.5. The standard InChI is InChI=1S/C16H21N5O3/c1-10-5-7-20(4)13(10)14(23)21-8-6-16(9-21,18-12(3)22)15-17-11(2)19-24-15/h5,7H,6,8-9H2,1-4H3,(H,18,22). The number of carbonyl (C=O) groups is 2. The van der Waals surface area contributed by atoms with Gasteiger partial charge >= 0.3 is 0 Å². The van der Waals surface area contributed by atoms with Crippen molar-refractivity contribution in [2.75, 3.05) is 13.1 Å². The van der Waals surface area contributed by atoms with Crippen LogP contribution in [0.5, 0.6) is 0 Å². The quantitative estimate of drug-likeness (QED) is 0.902. The molecule has 8 nitrogen and oxygen atoms in total. The van der Waals surface area contributed by atoms with E-state index in [9.17, 15) is 9.59 Å². The molecule has 0 aliphatic carbocycles. The lowest BCUT2D eigenvalue weighted by Gasteiger charge is -2.26. The molecule has 0 saturated carbocycles. The molecular formula is C16H21N5O3. The van der Waals surface area contributed by atoms with Crippen molar-refractivity contribution in [1.82, 2.24) is 24.9 Å². The van der Waals surface area contributed by atoms with E-state index in [0.717, 1.165) is 5.56 Å². The number of nitrogens with one attached hydrogen (secondary N) is 1. The highest BCUT2D eigenvalue weighted by Gasteiger charge is 2.47. The van der Waals surface area contributed by atoms with Crippen LogP contribution < -0.4 is 5.32 Å². The Kier molecular flexibility index (Phi) is 3.90. The van der Waals surface area contributed by atoms with Gasteiger partial charge in [-0.2, -0.15) is 4.98 Å². The van der Waals surface area contributed by atoms with Crippen LogP contribution in [0.3, 0.4) is 0 Å². The summed E-state index contributed by atoms with van der Waals surface area (Å²) >= 11 is 0. The Hall–Kier alpha value is -2.64. The number of hydrogen-bond acceptors (Lipinski definition) is 5. The third-order valence-corrected chi connectivity index (χ3v) is 4.39. The molecule has 0 radical (unpaired) electrons. The van der Waals surface area contributed by atoms with Crippen molar-refractivity contribution >= 4 is 11.8 Å². The van der Waals surface area contributed by atoms with Gasteiger partial charge in [0.15, 0.2) is 5.82 Å². The van der Waals surface area contributed by atoms with E-state index >= 15 is 0 Å². The Bertz CT molecular complexity index is 774. The van der Waals surface area contributed by atoms with E-state index in [-0.39, 0.29) is 11.8 Å². The van der Waals surface area contributed by atoms with Gasteiger partial charge in [-0.25, -0.2) is 0 Å². The fourth-order valence-electron chi connectivity index (χ4n) is 3.27. The molecule has 1 saturated heterocycles. The summed E-state index contributed by atoms with van der Waals surface area (Å²) in [6.45, 7) is 5.88. The van der Waals surface area contributed by atoms with Gasteiger partial charge in [0.25, 0.3) is 11.8 Å². The fraction of sp³-hybridized carbons (Fsp3) is 0.500. The molecule has 3 rings (SSSR count). The second kappa shape index (κ2) is 5.77. The monoisotopic (exact) mass is 331 g/mol. The number of amides is 2. The van der Waals surface area contributed by atoms with E-state index in [1.165, 1.54) is 6.92 Å². The van der Waals surface area contributed by atoms with Crippen molar-refractivity contribution in [3.05, 3.63) is 35.2 Å². The summed E-state index contributed by atoms with van der Waals surface area (Å²) in [7, 11) is 1.85. The topological polar surface area (TPSA) is 93.3 Å². The zero-order valence-corrected chi connectivity index (χ0v) is 14.3. The van der Waals surface area contributed by atoms with Crippen LogP contribution in [-0.2, 0) is 17.4 Å². The summed E-state index contributed by atoms with van der Waals surface area (Å²) in [6.07, 6.45) is 2.39. The maximum absolute atomic E-state index is 12.9. The molecule has 24 heavy (non-hydrogen) atoms. The number of nitrogens with zero attached hydrogens (tertiary/aromatic N) is 4. The summed E-state index contributed by atoms with van der Waals surface area (Å²) < 4.78 is 7.11. The molecule has 1 N–H and O–H groups in total. The second-order valence-electron chi connectivity index (χ2n) is 6.35. The number of aromatic nitrogens is 3. The van der Waals surface area contributed by atoms with Crippen molar-refractivity contribution in [3.8, 4) is 0 Å². The number of likely N-dealkylation sites (tertiary alicyclic amines) is 1. The van der Waals surface area contributed by atoms with Crippen LogP contribution in [0.4, 0.5) is 0 Å². The number of hydrogen-bond donors (Lipinski definition) is 1. The summed E-state index contributed by atoms with van der Waals surface area (Å²) in [4.78, 5) is 30.6. The summed E-state index contributed by atoms with van der Waals surface area (Å²) in [5, 5.41) is 6.72. The zero-order chi connectivity index (χ0) is 17.5. The van der Waals surface area contributed by atoms with Crippen molar-refractivity contribution < 1.29 is 14.1 Å². The molecule has 1 unspecified atom stereocenters. The molecule has 2 amide bonds. The Morgan fingerprint density at radius 3 is 2.67 bits per heavy atom. The largest absolute Gasteiger partial charge is 0.346 e. The third-order valence-electron chi connectivity index (χ3n) is 4.39. The fourth-order valence-corrected chi connectivity index (χ4v) is 3.27. The van der Waals surface area contributed by atoms with Crippen LogP contribution in [-0.4, -0.2) is 44.5 Å². The molecule has 3 heterocycles. The van der Waals surface area contributed by atoms with E-state index in [4.69, 9.17) is 4.52 Å². The minimum Gasteiger partial charge on any atom is -0.346 e. The average molecular weight is 331 g/mol. The van der Waals surface area contributed by atoms with Crippen LogP contribution in [0.25, 0.3) is 0 Å². The maximum Gasteiger partial charge on any atom is 0.270 e. The van der Waals surface area contributed by atoms with Gasteiger partial charge in [-0.15, -0.1) is 0 Å². The van der Waals surface area contributed by atoms with E-state index in [1.807, 2.05) is 30.8 Å². The summed E-state index contributed by atoms with van der Waals surface area (Å²) in [6, 6.07) is 1.91. The first-order valence-electron chi connectivity index (χ1n) is 7.83. The molecular weight excluding hydrogens is 310 g/mol. The highest BCUT2D eigenvalue weighted by molar-refractivity contribution is 5.94. The number of aryl methyl sites for hydroxylation is 3. The van der Waals surface area contributed by atoms with Crippen molar-refractivity contribution in [3.63, 3.8) is 0 Å². The summed E-state index contributed by atoms with van der Waals surface area (Å²) in [5.41, 5.74) is 0.741. The smallest absolute Gasteiger partial charge is 0.270 e. The first kappa shape index (κ1) is 16.2. The normalized spacial score (nSPS) is 20.4. The van der Waals surface area contributed by atoms with Gasteiger partial charge in [0.2, 0.25) is 5.91 Å². The Balaban J connectivity index is 1.90. The van der Waals surface area contributed by atoms with Gasteiger partial charge in [-0.3, -0.25) is 9.59 Å². The number of carbonyl (C=O) groups excluding carboxylic acids is 2. The predicted molar refractivity (Wildman–Crippen MR) is 85.2 cm³/mol. The molecule has 1 atom stereocenters. The highest BCUT2D eigenvalue weighted by Crippen LogP contribution is 2.32. The van der Waals surface area contributed by atoms with Crippen molar-refractivity contribution in [2.45, 2.75) is 32.7 Å². The first-order chi connectivity index (χ1) is 11.3. The lowest BCUT2D eigenvalue weighted by molar-refractivity contribution is -0.121. The average Bonchev–Trinajstić information content (AvgIpc) is 3.19. The molecule has 0 bridgehead atoms. The second-order valence-corrected chi connectivity index (χ2v) is 6.35. The van der Waals surface area contributed by atoms with Gasteiger partial charge in [0.05, 0.1) is 6.54 Å². The van der Waals surface area contributed by atoms with Crippen molar-refractivity contribution in [2.24, 2.45) is 7.05 Å². The molecule has 2 aromatic rings. The molecule has 1 aliphatic heterocycles. The molecule has 1 fully saturated rings. The Morgan fingerprint density at radius 1 is 1.38 bits per heavy atom. The molecule has 1 aliphatic rings. The van der Waals surface area contributed by atoms with Crippen LogP contribution >= 0.6 is 0 Å². The van der Waals surface area contributed by atoms with Crippen molar-refractivity contribution in [1.29, 1.82) is 0 Å². The van der Waals surface area contributed by atoms with Crippen LogP contribution in [0.15, 0.2) is 16.8 Å². The SMILES string of the molecule is CC(=O)NC1(c2nc(C)no2)CCN(C(=O)c2c(C)ccn2C)C1. The van der Waals surface area contributed by atoms with E-state index in [0.29, 0.717) is 36.9 Å². The van der Waals surface area contributed by atoms with Gasteiger partial charge in [-0.05, 0) is 31.9 Å². The molecule has 0 spiro atoms. The van der Waals surface area contributed by atoms with Gasteiger partial charge < -0.3 is 19.3 Å². The zero-order valence-electron chi connectivity index (χ0n) is 14.3. The van der Waals surface area contributed by atoms with Crippen LogP contribution in [0, 0.1) is 13.8 Å². The molecule has 8 heteroatoms. The van der Waals surface area contributed by atoms with Gasteiger partial charge in [0, 0.05) is 26.7 Å². The van der Waals surface area contributed by atoms with E-state index in [1.54, 1.807) is 11.8 Å². The van der Waals surface area contributed by atoms with Gasteiger partial charge in [0.1, 0.15) is 11.2 Å². The first-order valence-corrected chi connectivity index (χ1v) is 7.83. The maximum atomic E-state index is 12.9. The van der Waals surface area contributed by atoms with Crippen LogP contribution in [0.2, 0.25) is 0 Å². The third kappa shape index (κ3) is 2.68. The predicted octanol–water partition coefficient (Wildman–Crippen LogP) is 0.902. The van der Waals surface area contributed by atoms with E-state index in [2.05, 4.69) is 15.5 Å². The lowest BCUT2D eigenvalue weighted by atomic mass is 9.98. The van der Waals surface area contributed by atoms with Crippen LogP contribution in [0.1, 0.15) is 41.1 Å². The molecule has 2 aromatic heterocycles. The minimum atomic E-state index is -0.832. The molecule has 128 valence electrons. The minimum absolute atomic E-state index is 0.0662. The Morgan fingerprint density at radius 2 is 2.12 bits per heavy atom.